The number of pyridine rings is 1. The van der Waals surface area contributed by atoms with Gasteiger partial charge in [0.2, 0.25) is 26.0 Å². The summed E-state index contributed by atoms with van der Waals surface area (Å²) in [7, 11) is -2.09. The molecule has 3 aromatic heterocycles. The van der Waals surface area contributed by atoms with Crippen LogP contribution in [0.5, 0.6) is 5.88 Å². The topological polar surface area (TPSA) is 124 Å². The van der Waals surface area contributed by atoms with E-state index in [2.05, 4.69) is 20.4 Å². The number of benzene rings is 1. The molecule has 0 amide bonds. The number of ether oxygens (including phenoxy) is 1. The van der Waals surface area contributed by atoms with E-state index in [0.29, 0.717) is 18.8 Å². The first-order valence-corrected chi connectivity index (χ1v) is 11.0. The van der Waals surface area contributed by atoms with Crippen LogP contribution in [-0.2, 0) is 16.4 Å². The van der Waals surface area contributed by atoms with E-state index in [1.807, 2.05) is 6.07 Å². The molecule has 150 valence electrons. The molecule has 0 bridgehead atoms. The molecule has 0 radical (unpaired) electrons. The highest BCUT2D eigenvalue weighted by Crippen LogP contribution is 2.26. The van der Waals surface area contributed by atoms with Crippen molar-refractivity contribution in [3.8, 4) is 17.1 Å². The van der Waals surface area contributed by atoms with Crippen LogP contribution in [0.3, 0.4) is 0 Å². The van der Waals surface area contributed by atoms with Gasteiger partial charge in [0, 0.05) is 24.4 Å². The van der Waals surface area contributed by atoms with Crippen molar-refractivity contribution in [3.05, 3.63) is 54.4 Å². The van der Waals surface area contributed by atoms with Gasteiger partial charge in [0.05, 0.1) is 23.9 Å². The largest absolute Gasteiger partial charge is 0.481 e. The molecule has 3 heterocycles. The first-order chi connectivity index (χ1) is 13.9. The van der Waals surface area contributed by atoms with E-state index < -0.39 is 10.0 Å². The summed E-state index contributed by atoms with van der Waals surface area (Å²) < 4.78 is 29.5. The number of aromatic nitrogens is 4. The van der Waals surface area contributed by atoms with Crippen molar-refractivity contribution in [1.82, 2.24) is 19.6 Å². The highest BCUT2D eigenvalue weighted by atomic mass is 32.2. The first kappa shape index (κ1) is 19.3. The number of rotatable bonds is 7. The minimum atomic E-state index is -3.67. The van der Waals surface area contributed by atoms with Crippen LogP contribution in [0.25, 0.3) is 16.2 Å². The Balaban J connectivity index is 1.43. The van der Waals surface area contributed by atoms with Gasteiger partial charge in [0.25, 0.3) is 0 Å². The van der Waals surface area contributed by atoms with Crippen molar-refractivity contribution >= 4 is 31.5 Å². The summed E-state index contributed by atoms with van der Waals surface area (Å²) in [5, 5.41) is 13.7. The molecule has 4 rings (SSSR count). The van der Waals surface area contributed by atoms with Crippen LogP contribution in [0.1, 0.15) is 5.56 Å². The third-order valence-corrected chi connectivity index (χ3v) is 6.08. The molecule has 0 aliphatic carbocycles. The van der Waals surface area contributed by atoms with Crippen LogP contribution in [0.15, 0.2) is 53.7 Å². The Bertz CT molecular complexity index is 1230. The number of nitrogens with zero attached hydrogens (tertiary/aromatic N) is 4. The minimum absolute atomic E-state index is 0.107. The second-order valence-corrected chi connectivity index (χ2v) is 8.72. The molecule has 0 saturated carbocycles. The van der Waals surface area contributed by atoms with E-state index in [4.69, 9.17) is 9.88 Å². The molecular weight excluding hydrogens is 412 g/mol. The maximum atomic E-state index is 11.3. The maximum Gasteiger partial charge on any atom is 0.238 e. The number of anilines is 1. The molecule has 0 atom stereocenters. The summed E-state index contributed by atoms with van der Waals surface area (Å²) in [4.78, 5) is 9.51. The monoisotopic (exact) mass is 430 g/mol. The van der Waals surface area contributed by atoms with Crippen molar-refractivity contribution < 1.29 is 13.2 Å². The summed E-state index contributed by atoms with van der Waals surface area (Å²) in [6.07, 6.45) is 4.20. The van der Waals surface area contributed by atoms with E-state index >= 15 is 0 Å². The summed E-state index contributed by atoms with van der Waals surface area (Å²) in [6, 6.07) is 10.2. The smallest absolute Gasteiger partial charge is 0.238 e. The molecular formula is C18H18N6O3S2. The third-order valence-electron chi connectivity index (χ3n) is 4.27. The van der Waals surface area contributed by atoms with Gasteiger partial charge in [-0.25, -0.2) is 28.0 Å². The van der Waals surface area contributed by atoms with Gasteiger partial charge < -0.3 is 10.1 Å². The Kier molecular flexibility index (Phi) is 5.18. The minimum Gasteiger partial charge on any atom is -0.481 e. The Morgan fingerprint density at radius 1 is 1.14 bits per heavy atom. The number of fused-ring (bicyclic) bond motifs is 1. The van der Waals surface area contributed by atoms with Gasteiger partial charge >= 0.3 is 0 Å². The van der Waals surface area contributed by atoms with Crippen LogP contribution in [0.2, 0.25) is 0 Å². The fraction of sp³-hybridized carbons (Fsp3) is 0.167. The summed E-state index contributed by atoms with van der Waals surface area (Å²) in [5.74, 6) is 0.548. The quantitative estimate of drug-likeness (QED) is 0.460. The number of hydrogen-bond donors (Lipinski definition) is 2. The molecule has 29 heavy (non-hydrogen) atoms. The molecule has 0 fully saturated rings. The van der Waals surface area contributed by atoms with E-state index in [-0.39, 0.29) is 4.90 Å². The molecule has 11 heteroatoms. The zero-order chi connectivity index (χ0) is 20.4. The van der Waals surface area contributed by atoms with Crippen molar-refractivity contribution in [1.29, 1.82) is 0 Å². The van der Waals surface area contributed by atoms with Crippen molar-refractivity contribution in [2.24, 2.45) is 5.14 Å². The lowest BCUT2D eigenvalue weighted by atomic mass is 10.1. The van der Waals surface area contributed by atoms with Crippen LogP contribution in [-0.4, -0.2) is 41.7 Å². The van der Waals surface area contributed by atoms with Crippen LogP contribution in [0, 0.1) is 0 Å². The van der Waals surface area contributed by atoms with Crippen molar-refractivity contribution in [2.75, 3.05) is 19.0 Å². The van der Waals surface area contributed by atoms with Gasteiger partial charge in [-0.05, 0) is 30.2 Å². The normalized spacial score (nSPS) is 11.7. The van der Waals surface area contributed by atoms with Crippen LogP contribution < -0.4 is 15.2 Å². The summed E-state index contributed by atoms with van der Waals surface area (Å²) in [6.45, 7) is 0.644. The zero-order valence-corrected chi connectivity index (χ0v) is 17.1. The second-order valence-electron chi connectivity index (χ2n) is 6.20. The number of nitrogens with two attached hydrogens (primary N) is 1. The number of nitrogens with one attached hydrogen (secondary N) is 1. The van der Waals surface area contributed by atoms with E-state index in [0.717, 1.165) is 26.9 Å². The average molecular weight is 431 g/mol. The Morgan fingerprint density at radius 3 is 2.59 bits per heavy atom. The Hall–Kier alpha value is -3.02. The lowest BCUT2D eigenvalue weighted by Gasteiger charge is -2.04. The number of sulfonamides is 1. The summed E-state index contributed by atoms with van der Waals surface area (Å²) in [5.41, 5.74) is 2.74. The Labute approximate surface area is 171 Å². The molecule has 0 saturated heterocycles. The van der Waals surface area contributed by atoms with Gasteiger partial charge in [-0.2, -0.15) is 0 Å². The highest BCUT2D eigenvalue weighted by Gasteiger charge is 2.12. The van der Waals surface area contributed by atoms with E-state index in [9.17, 15) is 8.42 Å². The van der Waals surface area contributed by atoms with Gasteiger partial charge in [-0.15, -0.1) is 5.10 Å². The van der Waals surface area contributed by atoms with Gasteiger partial charge in [0.15, 0.2) is 0 Å². The highest BCUT2D eigenvalue weighted by molar-refractivity contribution is 7.89. The van der Waals surface area contributed by atoms with Gasteiger partial charge in [0.1, 0.15) is 0 Å². The molecule has 0 aliphatic rings. The van der Waals surface area contributed by atoms with E-state index in [1.54, 1.807) is 42.2 Å². The second kappa shape index (κ2) is 7.78. The summed E-state index contributed by atoms with van der Waals surface area (Å²) >= 11 is 1.45. The fourth-order valence-corrected chi connectivity index (χ4v) is 4.09. The predicted octanol–water partition coefficient (Wildman–Crippen LogP) is 2.16. The third kappa shape index (κ3) is 4.21. The number of primary sulfonamides is 1. The molecule has 0 unspecified atom stereocenters. The Morgan fingerprint density at radius 2 is 1.93 bits per heavy atom. The molecule has 4 aromatic rings. The van der Waals surface area contributed by atoms with Gasteiger partial charge in [-0.3, -0.25) is 0 Å². The molecule has 1 aromatic carbocycles. The first-order valence-electron chi connectivity index (χ1n) is 8.64. The van der Waals surface area contributed by atoms with Gasteiger partial charge in [-0.1, -0.05) is 23.5 Å². The lowest BCUT2D eigenvalue weighted by Crippen LogP contribution is -2.12. The molecule has 3 N–H and O–H groups in total. The number of methoxy groups -OCH3 is 1. The molecule has 9 nitrogen and oxygen atoms in total. The van der Waals surface area contributed by atoms with Crippen molar-refractivity contribution in [2.45, 2.75) is 11.3 Å². The molecule has 0 spiro atoms. The fourth-order valence-electron chi connectivity index (χ4n) is 2.77. The average Bonchev–Trinajstić information content (AvgIpc) is 3.28. The maximum absolute atomic E-state index is 11.3. The van der Waals surface area contributed by atoms with Crippen LogP contribution >= 0.6 is 11.3 Å². The van der Waals surface area contributed by atoms with Crippen molar-refractivity contribution in [3.63, 3.8) is 0 Å². The SMILES string of the molecule is COc1ccc(-c2cnc3sc(NCCc4ccc(S(N)(=O)=O)cc4)nn23)cn1. The van der Waals surface area contributed by atoms with E-state index in [1.165, 1.54) is 23.5 Å². The predicted molar refractivity (Wildman–Crippen MR) is 111 cm³/mol. The number of hydrogen-bond acceptors (Lipinski definition) is 8. The lowest BCUT2D eigenvalue weighted by molar-refractivity contribution is 0.398. The molecule has 0 aliphatic heterocycles. The van der Waals surface area contributed by atoms with Crippen LogP contribution in [0.4, 0.5) is 5.13 Å². The standard InChI is InChI=1S/C18H18N6O3S2/c1-27-16-7-4-13(10-21-16)15-11-22-18-24(15)23-17(28-18)20-9-8-12-2-5-14(6-3-12)29(19,25)26/h2-7,10-11H,8-9H2,1H3,(H,20,23)(H2,19,25,26). The zero-order valence-electron chi connectivity index (χ0n) is 15.4. The number of imidazole rings is 1.